The van der Waals surface area contributed by atoms with Gasteiger partial charge in [0.25, 0.3) is 15.9 Å². The number of likely N-dealkylation sites (N-methyl/N-ethyl adjacent to an activating group) is 1. The molecule has 3 aromatic heterocycles. The highest BCUT2D eigenvalue weighted by Crippen LogP contribution is 2.37. The van der Waals surface area contributed by atoms with Crippen molar-refractivity contribution in [3.8, 4) is 21.7 Å². The number of aryl methyl sites for hydroxylation is 1. The molecule has 204 valence electrons. The Morgan fingerprint density at radius 2 is 1.80 bits per heavy atom. The van der Waals surface area contributed by atoms with Crippen molar-refractivity contribution in [2.75, 3.05) is 27.7 Å². The number of hydrogen-bond donors (Lipinski definition) is 0. The van der Waals surface area contributed by atoms with Crippen LogP contribution in [0.2, 0.25) is 0 Å². The SMILES string of the molecule is Cc1ccc(S(=O)(=O)n2cc(-c3nc(C(=O)N(C)C)cs3)c3cc(-c4ccc5c(c4)CN(C)CC5)cnc32)cc1. The predicted octanol–water partition coefficient (Wildman–Crippen LogP) is 5.06. The number of thiazole rings is 1. The maximum atomic E-state index is 13.8. The Morgan fingerprint density at radius 1 is 1.02 bits per heavy atom. The highest BCUT2D eigenvalue weighted by Gasteiger charge is 2.25. The van der Waals surface area contributed by atoms with Gasteiger partial charge in [0, 0.05) is 61.5 Å². The first-order valence-electron chi connectivity index (χ1n) is 12.9. The Balaban J connectivity index is 1.53. The number of amides is 1. The lowest BCUT2D eigenvalue weighted by molar-refractivity contribution is 0.0823. The summed E-state index contributed by atoms with van der Waals surface area (Å²) in [6, 6.07) is 15.2. The maximum Gasteiger partial charge on any atom is 0.272 e. The molecule has 0 bridgehead atoms. The van der Waals surface area contributed by atoms with E-state index in [4.69, 9.17) is 0 Å². The van der Waals surface area contributed by atoms with Gasteiger partial charge in [0.05, 0.1) is 4.90 Å². The van der Waals surface area contributed by atoms with E-state index in [-0.39, 0.29) is 10.8 Å². The second kappa shape index (κ2) is 9.96. The zero-order chi connectivity index (χ0) is 28.2. The number of pyridine rings is 1. The summed E-state index contributed by atoms with van der Waals surface area (Å²) in [4.78, 5) is 25.8. The van der Waals surface area contributed by atoms with Crippen molar-refractivity contribution in [2.24, 2.45) is 0 Å². The third kappa shape index (κ3) is 4.61. The molecule has 0 radical (unpaired) electrons. The summed E-state index contributed by atoms with van der Waals surface area (Å²) in [5.74, 6) is -0.212. The number of carbonyl (C=O) groups is 1. The van der Waals surface area contributed by atoms with Crippen LogP contribution in [0.5, 0.6) is 0 Å². The van der Waals surface area contributed by atoms with E-state index in [9.17, 15) is 13.2 Å². The monoisotopic (exact) mass is 571 g/mol. The zero-order valence-corrected chi connectivity index (χ0v) is 24.4. The fourth-order valence-corrected chi connectivity index (χ4v) is 7.16. The molecule has 0 aliphatic carbocycles. The molecule has 0 saturated heterocycles. The summed E-state index contributed by atoms with van der Waals surface area (Å²) in [6.07, 6.45) is 4.32. The van der Waals surface area contributed by atoms with Crippen LogP contribution >= 0.6 is 11.3 Å². The minimum atomic E-state index is -3.94. The van der Waals surface area contributed by atoms with Gasteiger partial charge in [0.1, 0.15) is 10.7 Å². The summed E-state index contributed by atoms with van der Waals surface area (Å²) >= 11 is 1.31. The van der Waals surface area contributed by atoms with E-state index in [1.54, 1.807) is 56.1 Å². The lowest BCUT2D eigenvalue weighted by atomic mass is 9.95. The van der Waals surface area contributed by atoms with Crippen molar-refractivity contribution >= 4 is 38.3 Å². The van der Waals surface area contributed by atoms with Crippen LogP contribution in [-0.4, -0.2) is 65.8 Å². The molecule has 0 N–H and O–H groups in total. The number of fused-ring (bicyclic) bond motifs is 2. The first kappa shape index (κ1) is 26.4. The molecule has 40 heavy (non-hydrogen) atoms. The Hall–Kier alpha value is -3.86. The van der Waals surface area contributed by atoms with E-state index in [1.807, 2.05) is 13.0 Å². The fraction of sp³-hybridized carbons (Fsp3) is 0.233. The van der Waals surface area contributed by atoms with Crippen molar-refractivity contribution in [1.29, 1.82) is 0 Å². The number of carbonyl (C=O) groups excluding carboxylic acids is 1. The summed E-state index contributed by atoms with van der Waals surface area (Å²) in [7, 11) is 1.53. The smallest absolute Gasteiger partial charge is 0.272 e. The molecule has 5 aromatic rings. The summed E-state index contributed by atoms with van der Waals surface area (Å²) in [5, 5.41) is 2.91. The fourth-order valence-electron chi connectivity index (χ4n) is 5.02. The predicted molar refractivity (Wildman–Crippen MR) is 158 cm³/mol. The van der Waals surface area contributed by atoms with E-state index >= 15 is 0 Å². The highest BCUT2D eigenvalue weighted by atomic mass is 32.2. The molecule has 6 rings (SSSR count). The van der Waals surface area contributed by atoms with Gasteiger partial charge < -0.3 is 9.80 Å². The van der Waals surface area contributed by atoms with Gasteiger partial charge >= 0.3 is 0 Å². The minimum absolute atomic E-state index is 0.175. The summed E-state index contributed by atoms with van der Waals surface area (Å²) < 4.78 is 28.8. The van der Waals surface area contributed by atoms with Gasteiger partial charge in [-0.05, 0) is 61.3 Å². The molecule has 0 spiro atoms. The molecule has 4 heterocycles. The Bertz CT molecular complexity index is 1870. The molecule has 8 nitrogen and oxygen atoms in total. The molecule has 0 fully saturated rings. The second-order valence-corrected chi connectivity index (χ2v) is 13.1. The molecule has 10 heteroatoms. The van der Waals surface area contributed by atoms with Crippen LogP contribution in [-0.2, 0) is 23.0 Å². The number of benzene rings is 2. The largest absolute Gasteiger partial charge is 0.343 e. The summed E-state index contributed by atoms with van der Waals surface area (Å²) in [5.41, 5.74) is 6.76. The van der Waals surface area contributed by atoms with E-state index in [0.717, 1.165) is 36.2 Å². The second-order valence-electron chi connectivity index (χ2n) is 10.5. The van der Waals surface area contributed by atoms with Crippen LogP contribution in [0.25, 0.3) is 32.7 Å². The lowest BCUT2D eigenvalue weighted by Crippen LogP contribution is -2.26. The molecular weight excluding hydrogens is 542 g/mol. The van der Waals surface area contributed by atoms with E-state index in [0.29, 0.717) is 27.3 Å². The van der Waals surface area contributed by atoms with Gasteiger partial charge in [0.15, 0.2) is 5.65 Å². The number of nitrogens with zero attached hydrogens (tertiary/aromatic N) is 5. The third-order valence-corrected chi connectivity index (χ3v) is 9.83. The molecule has 0 saturated carbocycles. The highest BCUT2D eigenvalue weighted by molar-refractivity contribution is 7.90. The lowest BCUT2D eigenvalue weighted by Gasteiger charge is -2.25. The Kier molecular flexibility index (Phi) is 6.56. The molecular formula is C30H29N5O3S2. The standard InChI is InChI=1S/C30H29N5O3S2/c1-19-5-9-24(10-6-19)40(37,38)35-17-26(29-32-27(18-39-29)30(36)33(2)3)25-14-22(15-31-28(25)35)21-8-7-20-11-12-34(4)16-23(20)13-21/h5-10,13-15,17-18H,11-12,16H2,1-4H3. The maximum absolute atomic E-state index is 13.8. The minimum Gasteiger partial charge on any atom is -0.343 e. The van der Waals surface area contributed by atoms with Crippen LogP contribution < -0.4 is 0 Å². The van der Waals surface area contributed by atoms with E-state index < -0.39 is 10.0 Å². The van der Waals surface area contributed by atoms with Crippen LogP contribution in [0.3, 0.4) is 0 Å². The molecule has 2 aromatic carbocycles. The number of rotatable bonds is 5. The normalized spacial score (nSPS) is 13.9. The van der Waals surface area contributed by atoms with Crippen molar-refractivity contribution < 1.29 is 13.2 Å². The quantitative estimate of drug-likeness (QED) is 0.293. The van der Waals surface area contributed by atoms with Gasteiger partial charge in [-0.25, -0.2) is 22.4 Å². The van der Waals surface area contributed by atoms with Gasteiger partial charge in [-0.1, -0.05) is 29.8 Å². The zero-order valence-electron chi connectivity index (χ0n) is 22.7. The van der Waals surface area contributed by atoms with Crippen molar-refractivity contribution in [1.82, 2.24) is 23.7 Å². The van der Waals surface area contributed by atoms with Crippen molar-refractivity contribution in [2.45, 2.75) is 24.8 Å². The van der Waals surface area contributed by atoms with E-state index in [1.165, 1.54) is 31.3 Å². The average molecular weight is 572 g/mol. The van der Waals surface area contributed by atoms with Crippen LogP contribution in [0.1, 0.15) is 27.2 Å². The summed E-state index contributed by atoms with van der Waals surface area (Å²) in [6.45, 7) is 3.84. The molecule has 0 atom stereocenters. The van der Waals surface area contributed by atoms with Crippen LogP contribution in [0, 0.1) is 6.92 Å². The van der Waals surface area contributed by atoms with Crippen LogP contribution in [0.4, 0.5) is 0 Å². The van der Waals surface area contributed by atoms with Gasteiger partial charge in [0.2, 0.25) is 0 Å². The molecule has 1 amide bonds. The molecule has 1 aliphatic rings. The number of hydrogen-bond acceptors (Lipinski definition) is 7. The first-order chi connectivity index (χ1) is 19.1. The van der Waals surface area contributed by atoms with Gasteiger partial charge in [-0.3, -0.25) is 4.79 Å². The van der Waals surface area contributed by atoms with Crippen LogP contribution in [0.15, 0.2) is 71.2 Å². The molecule has 0 unspecified atom stereocenters. The van der Waals surface area contributed by atoms with Crippen molar-refractivity contribution in [3.63, 3.8) is 0 Å². The average Bonchev–Trinajstić information content (AvgIpc) is 3.57. The van der Waals surface area contributed by atoms with Gasteiger partial charge in [-0.15, -0.1) is 11.3 Å². The first-order valence-corrected chi connectivity index (χ1v) is 15.3. The van der Waals surface area contributed by atoms with Crippen molar-refractivity contribution in [3.05, 3.63) is 88.7 Å². The number of aromatic nitrogens is 3. The Morgan fingerprint density at radius 3 is 2.55 bits per heavy atom. The third-order valence-electron chi connectivity index (χ3n) is 7.29. The molecule has 1 aliphatic heterocycles. The topological polar surface area (TPSA) is 88.4 Å². The van der Waals surface area contributed by atoms with E-state index in [2.05, 4.69) is 40.1 Å². The van der Waals surface area contributed by atoms with Gasteiger partial charge in [-0.2, -0.15) is 0 Å². The Labute approximate surface area is 237 Å².